The van der Waals surface area contributed by atoms with E-state index in [2.05, 4.69) is 0 Å². The average Bonchev–Trinajstić information content (AvgIpc) is 2.82. The van der Waals surface area contributed by atoms with E-state index < -0.39 is 5.60 Å². The Hall–Kier alpha value is -1.61. The second kappa shape index (κ2) is 4.25. The molecular weight excluding hydrogens is 231 g/mol. The molecule has 2 nitrogen and oxygen atoms in total. The summed E-state index contributed by atoms with van der Waals surface area (Å²) in [5.74, 6) is 0.571. The van der Waals surface area contributed by atoms with Crippen molar-refractivity contribution in [1.82, 2.24) is 0 Å². The number of rotatable bonds is 2. The second-order valence-electron chi connectivity index (χ2n) is 4.91. The van der Waals surface area contributed by atoms with E-state index in [4.69, 9.17) is 4.42 Å². The molecule has 94 valence electrons. The first-order chi connectivity index (χ1) is 8.69. The van der Waals surface area contributed by atoms with Crippen molar-refractivity contribution in [2.75, 3.05) is 0 Å². The number of furan rings is 1. The van der Waals surface area contributed by atoms with Crippen molar-refractivity contribution in [3.8, 4) is 0 Å². The van der Waals surface area contributed by atoms with Gasteiger partial charge in [0.05, 0.1) is 11.9 Å². The summed E-state index contributed by atoms with van der Waals surface area (Å²) in [7, 11) is 0. The first-order valence-electron chi connectivity index (χ1n) is 6.22. The summed E-state index contributed by atoms with van der Waals surface area (Å²) in [6, 6.07) is 8.41. The van der Waals surface area contributed by atoms with Gasteiger partial charge in [0, 0.05) is 18.4 Å². The van der Waals surface area contributed by atoms with Crippen LogP contribution in [0, 0.1) is 5.82 Å². The standard InChI is InChI=1S/C15H15FO2/c16-13-5-2-1-4-11(13)10-15(17)8-3-6-14-12(15)7-9-18-14/h1-2,4-5,7,9,17H,3,6,8,10H2. The first-order valence-corrected chi connectivity index (χ1v) is 6.22. The molecule has 1 N–H and O–H groups in total. The number of fused-ring (bicyclic) bond motifs is 1. The van der Waals surface area contributed by atoms with Gasteiger partial charge in [0.25, 0.3) is 0 Å². The van der Waals surface area contributed by atoms with Crippen LogP contribution in [0.25, 0.3) is 0 Å². The maximum atomic E-state index is 13.7. The van der Waals surface area contributed by atoms with Crippen LogP contribution < -0.4 is 0 Å². The summed E-state index contributed by atoms with van der Waals surface area (Å²) >= 11 is 0. The molecule has 3 heteroatoms. The van der Waals surface area contributed by atoms with E-state index in [0.717, 1.165) is 24.2 Å². The fourth-order valence-corrected chi connectivity index (χ4v) is 2.77. The van der Waals surface area contributed by atoms with E-state index in [9.17, 15) is 9.50 Å². The van der Waals surface area contributed by atoms with Gasteiger partial charge in [-0.15, -0.1) is 0 Å². The molecule has 0 aliphatic heterocycles. The van der Waals surface area contributed by atoms with Crippen molar-refractivity contribution in [3.05, 3.63) is 59.3 Å². The van der Waals surface area contributed by atoms with Crippen molar-refractivity contribution < 1.29 is 13.9 Å². The van der Waals surface area contributed by atoms with E-state index in [1.165, 1.54) is 6.07 Å². The molecule has 1 aromatic carbocycles. The Kier molecular flexibility index (Phi) is 2.71. The van der Waals surface area contributed by atoms with Crippen molar-refractivity contribution in [3.63, 3.8) is 0 Å². The Morgan fingerprint density at radius 2 is 2.11 bits per heavy atom. The second-order valence-corrected chi connectivity index (χ2v) is 4.91. The third kappa shape index (κ3) is 1.85. The lowest BCUT2D eigenvalue weighted by Crippen LogP contribution is -2.32. The predicted molar refractivity (Wildman–Crippen MR) is 65.6 cm³/mol. The molecule has 0 saturated heterocycles. The molecule has 2 aromatic rings. The Labute approximate surface area is 105 Å². The van der Waals surface area contributed by atoms with Gasteiger partial charge in [-0.1, -0.05) is 18.2 Å². The van der Waals surface area contributed by atoms with Gasteiger partial charge in [-0.05, 0) is 30.5 Å². The molecule has 0 bridgehead atoms. The molecule has 1 aromatic heterocycles. The Balaban J connectivity index is 1.96. The van der Waals surface area contributed by atoms with Gasteiger partial charge < -0.3 is 9.52 Å². The summed E-state index contributed by atoms with van der Waals surface area (Å²) in [6.07, 6.45) is 4.26. The normalized spacial score (nSPS) is 22.8. The number of benzene rings is 1. The highest BCUT2D eigenvalue weighted by atomic mass is 19.1. The smallest absolute Gasteiger partial charge is 0.126 e. The molecule has 0 amide bonds. The van der Waals surface area contributed by atoms with Crippen molar-refractivity contribution in [2.45, 2.75) is 31.3 Å². The summed E-state index contributed by atoms with van der Waals surface area (Å²) in [5, 5.41) is 10.8. The largest absolute Gasteiger partial charge is 0.469 e. The molecular formula is C15H15FO2. The van der Waals surface area contributed by atoms with Gasteiger partial charge in [0.1, 0.15) is 11.6 Å². The lowest BCUT2D eigenvalue weighted by molar-refractivity contribution is 0.0161. The van der Waals surface area contributed by atoms with Crippen LogP contribution in [-0.4, -0.2) is 5.11 Å². The molecule has 0 radical (unpaired) electrons. The fourth-order valence-electron chi connectivity index (χ4n) is 2.77. The Morgan fingerprint density at radius 3 is 2.94 bits per heavy atom. The molecule has 0 fully saturated rings. The summed E-state index contributed by atoms with van der Waals surface area (Å²) < 4.78 is 19.0. The van der Waals surface area contributed by atoms with Crippen LogP contribution in [0.2, 0.25) is 0 Å². The van der Waals surface area contributed by atoms with E-state index in [1.54, 1.807) is 30.5 Å². The van der Waals surface area contributed by atoms with Crippen LogP contribution in [0.5, 0.6) is 0 Å². The molecule has 1 atom stereocenters. The van der Waals surface area contributed by atoms with Gasteiger partial charge in [-0.3, -0.25) is 0 Å². The zero-order valence-electron chi connectivity index (χ0n) is 10.0. The van der Waals surface area contributed by atoms with Crippen LogP contribution in [0.4, 0.5) is 4.39 Å². The summed E-state index contributed by atoms with van der Waals surface area (Å²) in [6.45, 7) is 0. The zero-order valence-corrected chi connectivity index (χ0v) is 10.0. The number of hydrogen-bond acceptors (Lipinski definition) is 2. The molecule has 18 heavy (non-hydrogen) atoms. The Morgan fingerprint density at radius 1 is 1.28 bits per heavy atom. The van der Waals surface area contributed by atoms with E-state index in [0.29, 0.717) is 18.4 Å². The van der Waals surface area contributed by atoms with Crippen LogP contribution in [-0.2, 0) is 18.4 Å². The predicted octanol–water partition coefficient (Wildman–Crippen LogP) is 3.19. The topological polar surface area (TPSA) is 33.4 Å². The minimum Gasteiger partial charge on any atom is -0.469 e. The van der Waals surface area contributed by atoms with Crippen LogP contribution in [0.15, 0.2) is 41.0 Å². The summed E-state index contributed by atoms with van der Waals surface area (Å²) in [4.78, 5) is 0. The van der Waals surface area contributed by atoms with Crippen molar-refractivity contribution >= 4 is 0 Å². The SMILES string of the molecule is OC1(Cc2ccccc2F)CCCc2occc21. The summed E-state index contributed by atoms with van der Waals surface area (Å²) in [5.41, 5.74) is 0.369. The third-order valence-corrected chi connectivity index (χ3v) is 3.68. The fraction of sp³-hybridized carbons (Fsp3) is 0.333. The molecule has 0 spiro atoms. The van der Waals surface area contributed by atoms with E-state index in [-0.39, 0.29) is 5.82 Å². The van der Waals surface area contributed by atoms with Crippen molar-refractivity contribution in [1.29, 1.82) is 0 Å². The maximum Gasteiger partial charge on any atom is 0.126 e. The van der Waals surface area contributed by atoms with Gasteiger partial charge >= 0.3 is 0 Å². The monoisotopic (exact) mass is 246 g/mol. The molecule has 1 unspecified atom stereocenters. The van der Waals surface area contributed by atoms with Crippen LogP contribution >= 0.6 is 0 Å². The lowest BCUT2D eigenvalue weighted by Gasteiger charge is -2.32. The van der Waals surface area contributed by atoms with Gasteiger partial charge in [0.15, 0.2) is 0 Å². The molecule has 1 aliphatic rings. The Bertz CT molecular complexity index is 561. The number of hydrogen-bond donors (Lipinski definition) is 1. The highest BCUT2D eigenvalue weighted by Gasteiger charge is 2.36. The quantitative estimate of drug-likeness (QED) is 0.882. The molecule has 0 saturated carbocycles. The van der Waals surface area contributed by atoms with E-state index >= 15 is 0 Å². The van der Waals surface area contributed by atoms with Gasteiger partial charge in [0.2, 0.25) is 0 Å². The van der Waals surface area contributed by atoms with Gasteiger partial charge in [-0.2, -0.15) is 0 Å². The van der Waals surface area contributed by atoms with Crippen LogP contribution in [0.1, 0.15) is 29.7 Å². The third-order valence-electron chi connectivity index (χ3n) is 3.68. The van der Waals surface area contributed by atoms with Crippen molar-refractivity contribution in [2.24, 2.45) is 0 Å². The minimum absolute atomic E-state index is 0.262. The minimum atomic E-state index is -0.997. The zero-order chi connectivity index (χ0) is 12.6. The molecule has 1 aliphatic carbocycles. The molecule has 3 rings (SSSR count). The highest BCUT2D eigenvalue weighted by Crippen LogP contribution is 2.38. The average molecular weight is 246 g/mol. The highest BCUT2D eigenvalue weighted by molar-refractivity contribution is 5.31. The first kappa shape index (κ1) is 11.5. The maximum absolute atomic E-state index is 13.7. The van der Waals surface area contributed by atoms with E-state index in [1.807, 2.05) is 0 Å². The molecule has 1 heterocycles. The van der Waals surface area contributed by atoms with Gasteiger partial charge in [-0.25, -0.2) is 4.39 Å². The van der Waals surface area contributed by atoms with Crippen LogP contribution in [0.3, 0.4) is 0 Å². The number of halogens is 1. The lowest BCUT2D eigenvalue weighted by atomic mass is 9.79. The number of aryl methyl sites for hydroxylation is 1. The number of aliphatic hydroxyl groups is 1.